The summed E-state index contributed by atoms with van der Waals surface area (Å²) in [5.74, 6) is -1.32. The second-order valence-corrected chi connectivity index (χ2v) is 9.57. The number of nitrogens with one attached hydrogen (secondary N) is 1. The van der Waals surface area contributed by atoms with Crippen molar-refractivity contribution in [2.75, 3.05) is 13.2 Å². The van der Waals surface area contributed by atoms with Crippen LogP contribution >= 0.6 is 0 Å². The van der Waals surface area contributed by atoms with Crippen LogP contribution < -0.4 is 5.32 Å². The van der Waals surface area contributed by atoms with Gasteiger partial charge in [0.2, 0.25) is 5.91 Å². The molecule has 2 aromatic carbocycles. The van der Waals surface area contributed by atoms with Gasteiger partial charge < -0.3 is 20.1 Å². The summed E-state index contributed by atoms with van der Waals surface area (Å²) in [6.45, 7) is 5.64. The molecular weight excluding hydrogens is 420 g/mol. The SMILES string of the molecule is CC1CCC(C(=O)O)N(C(=O)C(C)(C)NC(=O)OCC2c3ccccc3-c3ccccc32)C1. The maximum atomic E-state index is 13.2. The largest absolute Gasteiger partial charge is 0.480 e. The van der Waals surface area contributed by atoms with Crippen LogP contribution in [-0.2, 0) is 14.3 Å². The number of benzene rings is 2. The number of carboxylic acid groups (broad SMARTS) is 1. The highest BCUT2D eigenvalue weighted by Crippen LogP contribution is 2.44. The zero-order valence-corrected chi connectivity index (χ0v) is 19.2. The number of carbonyl (C=O) groups is 3. The molecule has 2 aliphatic rings. The van der Waals surface area contributed by atoms with Gasteiger partial charge in [0, 0.05) is 12.5 Å². The second kappa shape index (κ2) is 8.89. The summed E-state index contributed by atoms with van der Waals surface area (Å²) in [7, 11) is 0. The molecule has 1 heterocycles. The van der Waals surface area contributed by atoms with E-state index in [2.05, 4.69) is 17.4 Å². The third-order valence-corrected chi connectivity index (χ3v) is 6.66. The second-order valence-electron chi connectivity index (χ2n) is 9.57. The highest BCUT2D eigenvalue weighted by molar-refractivity contribution is 5.92. The number of hydrogen-bond acceptors (Lipinski definition) is 4. The molecule has 7 nitrogen and oxygen atoms in total. The van der Waals surface area contributed by atoms with Gasteiger partial charge >= 0.3 is 12.1 Å². The fraction of sp³-hybridized carbons (Fsp3) is 0.423. The zero-order valence-electron chi connectivity index (χ0n) is 19.2. The highest BCUT2D eigenvalue weighted by Gasteiger charge is 2.42. The van der Waals surface area contributed by atoms with Crippen molar-refractivity contribution in [3.05, 3.63) is 59.7 Å². The van der Waals surface area contributed by atoms with Gasteiger partial charge in [-0.25, -0.2) is 9.59 Å². The topological polar surface area (TPSA) is 95.9 Å². The summed E-state index contributed by atoms with van der Waals surface area (Å²) in [5.41, 5.74) is 3.18. The first-order chi connectivity index (χ1) is 15.7. The lowest BCUT2D eigenvalue weighted by Crippen LogP contribution is -2.61. The number of rotatable bonds is 5. The number of fused-ring (bicyclic) bond motifs is 3. The van der Waals surface area contributed by atoms with Crippen LogP contribution in [0.1, 0.15) is 50.7 Å². The van der Waals surface area contributed by atoms with Crippen molar-refractivity contribution in [2.45, 2.75) is 51.1 Å². The van der Waals surface area contributed by atoms with Gasteiger partial charge in [-0.15, -0.1) is 0 Å². The minimum absolute atomic E-state index is 0.0821. The van der Waals surface area contributed by atoms with Gasteiger partial charge in [-0.2, -0.15) is 0 Å². The Morgan fingerprint density at radius 2 is 1.61 bits per heavy atom. The maximum Gasteiger partial charge on any atom is 0.408 e. The molecule has 4 rings (SSSR count). The van der Waals surface area contributed by atoms with E-state index in [1.807, 2.05) is 43.3 Å². The fourth-order valence-electron chi connectivity index (χ4n) is 4.94. The lowest BCUT2D eigenvalue weighted by molar-refractivity contribution is -0.155. The standard InChI is InChI=1S/C26H30N2O5/c1-16-12-13-22(23(29)30)28(14-16)24(31)26(2,3)27-25(32)33-15-21-19-10-6-4-8-17(19)18-9-5-7-11-20(18)21/h4-11,16,21-22H,12-15H2,1-3H3,(H,27,32)(H,29,30). The summed E-state index contributed by atoms with van der Waals surface area (Å²) < 4.78 is 5.57. The Morgan fingerprint density at radius 3 is 2.18 bits per heavy atom. The number of aliphatic carboxylic acids is 1. The molecule has 1 fully saturated rings. The van der Waals surface area contributed by atoms with E-state index >= 15 is 0 Å². The van der Waals surface area contributed by atoms with E-state index in [9.17, 15) is 19.5 Å². The molecule has 1 saturated heterocycles. The number of carboxylic acids is 1. The molecule has 0 aromatic heterocycles. The molecule has 174 valence electrons. The summed E-state index contributed by atoms with van der Waals surface area (Å²) in [4.78, 5) is 38.9. The van der Waals surface area contributed by atoms with E-state index in [4.69, 9.17) is 4.74 Å². The number of alkyl carbamates (subject to hydrolysis) is 1. The molecule has 2 N–H and O–H groups in total. The Hall–Kier alpha value is -3.35. The van der Waals surface area contributed by atoms with Crippen molar-refractivity contribution < 1.29 is 24.2 Å². The average molecular weight is 451 g/mol. The minimum atomic E-state index is -1.30. The molecule has 1 aliphatic carbocycles. The van der Waals surface area contributed by atoms with Crippen LogP contribution in [0.25, 0.3) is 11.1 Å². The Morgan fingerprint density at radius 1 is 1.03 bits per heavy atom. The van der Waals surface area contributed by atoms with E-state index in [0.717, 1.165) is 28.7 Å². The average Bonchev–Trinajstić information content (AvgIpc) is 3.10. The predicted octanol–water partition coefficient (Wildman–Crippen LogP) is 4.02. The summed E-state index contributed by atoms with van der Waals surface area (Å²) in [6, 6.07) is 15.3. The van der Waals surface area contributed by atoms with Gasteiger partial charge in [-0.1, -0.05) is 55.5 Å². The van der Waals surface area contributed by atoms with Gasteiger partial charge in [-0.3, -0.25) is 4.79 Å². The van der Waals surface area contributed by atoms with Crippen LogP contribution in [0.5, 0.6) is 0 Å². The number of ether oxygens (including phenoxy) is 1. The van der Waals surface area contributed by atoms with Crippen LogP contribution in [0.15, 0.2) is 48.5 Å². The number of piperidine rings is 1. The zero-order chi connectivity index (χ0) is 23.8. The molecule has 0 bridgehead atoms. The Bertz CT molecular complexity index is 1030. The van der Waals surface area contributed by atoms with E-state index in [0.29, 0.717) is 13.0 Å². The van der Waals surface area contributed by atoms with Gasteiger partial charge in [0.1, 0.15) is 18.2 Å². The minimum Gasteiger partial charge on any atom is -0.480 e. The van der Waals surface area contributed by atoms with Crippen molar-refractivity contribution in [3.8, 4) is 11.1 Å². The molecule has 2 amide bonds. The van der Waals surface area contributed by atoms with Crippen molar-refractivity contribution in [1.29, 1.82) is 0 Å². The number of amides is 2. The van der Waals surface area contributed by atoms with E-state index in [1.165, 1.54) is 4.90 Å². The number of likely N-dealkylation sites (tertiary alicyclic amines) is 1. The van der Waals surface area contributed by atoms with Gasteiger partial charge in [0.15, 0.2) is 0 Å². The molecule has 1 aliphatic heterocycles. The fourth-order valence-corrected chi connectivity index (χ4v) is 4.94. The van der Waals surface area contributed by atoms with Gasteiger partial charge in [0.25, 0.3) is 0 Å². The van der Waals surface area contributed by atoms with Crippen molar-refractivity contribution in [1.82, 2.24) is 10.2 Å². The summed E-state index contributed by atoms with van der Waals surface area (Å²) in [5, 5.41) is 12.2. The molecule has 2 unspecified atom stereocenters. The number of hydrogen-bond donors (Lipinski definition) is 2. The van der Waals surface area contributed by atoms with Gasteiger partial charge in [0.05, 0.1) is 0 Å². The first kappa shape index (κ1) is 22.8. The van der Waals surface area contributed by atoms with Crippen LogP contribution in [-0.4, -0.2) is 52.7 Å². The molecule has 0 radical (unpaired) electrons. The smallest absolute Gasteiger partial charge is 0.408 e. The van der Waals surface area contributed by atoms with Crippen molar-refractivity contribution in [3.63, 3.8) is 0 Å². The van der Waals surface area contributed by atoms with Crippen LogP contribution in [0.4, 0.5) is 4.79 Å². The molecule has 33 heavy (non-hydrogen) atoms. The van der Waals surface area contributed by atoms with Gasteiger partial charge in [-0.05, 0) is 54.9 Å². The molecular formula is C26H30N2O5. The first-order valence-corrected chi connectivity index (χ1v) is 11.4. The molecule has 2 atom stereocenters. The summed E-state index contributed by atoms with van der Waals surface area (Å²) in [6.07, 6.45) is 0.455. The van der Waals surface area contributed by atoms with Crippen molar-refractivity contribution >= 4 is 18.0 Å². The van der Waals surface area contributed by atoms with Crippen molar-refractivity contribution in [2.24, 2.45) is 5.92 Å². The normalized spacial score (nSPS) is 20.0. The monoisotopic (exact) mass is 450 g/mol. The Labute approximate surface area is 193 Å². The molecule has 2 aromatic rings. The van der Waals surface area contributed by atoms with E-state index in [1.54, 1.807) is 13.8 Å². The maximum absolute atomic E-state index is 13.2. The summed E-state index contributed by atoms with van der Waals surface area (Å²) >= 11 is 0. The number of nitrogens with zero attached hydrogens (tertiary/aromatic N) is 1. The Kier molecular flexibility index (Phi) is 6.15. The van der Waals surface area contributed by atoms with E-state index in [-0.39, 0.29) is 18.4 Å². The Balaban J connectivity index is 1.43. The number of carbonyl (C=O) groups excluding carboxylic acids is 2. The quantitative estimate of drug-likeness (QED) is 0.717. The molecule has 7 heteroatoms. The molecule has 0 spiro atoms. The van der Waals surface area contributed by atoms with Crippen LogP contribution in [0, 0.1) is 5.92 Å². The lowest BCUT2D eigenvalue weighted by Gasteiger charge is -2.40. The predicted molar refractivity (Wildman–Crippen MR) is 124 cm³/mol. The highest BCUT2D eigenvalue weighted by atomic mass is 16.5. The van der Waals surface area contributed by atoms with Crippen LogP contribution in [0.3, 0.4) is 0 Å². The lowest BCUT2D eigenvalue weighted by atomic mass is 9.91. The molecule has 0 saturated carbocycles. The first-order valence-electron chi connectivity index (χ1n) is 11.4. The van der Waals surface area contributed by atoms with Crippen LogP contribution in [0.2, 0.25) is 0 Å². The third kappa shape index (κ3) is 4.45. The van der Waals surface area contributed by atoms with E-state index < -0.39 is 29.6 Å². The third-order valence-electron chi connectivity index (χ3n) is 6.66.